The van der Waals surface area contributed by atoms with Gasteiger partial charge in [0.1, 0.15) is 5.82 Å². The second kappa shape index (κ2) is 6.85. The number of urea groups is 1. The van der Waals surface area contributed by atoms with E-state index in [-0.39, 0.29) is 12.3 Å². The minimum Gasteiger partial charge on any atom is -0.399 e. The lowest BCUT2D eigenvalue weighted by atomic mass is 10.3. The Balaban J connectivity index is 2.37. The highest BCUT2D eigenvalue weighted by atomic mass is 32.2. The first-order chi connectivity index (χ1) is 8.51. The normalized spacial score (nSPS) is 9.89. The Morgan fingerprint density at radius 1 is 1.39 bits per heavy atom. The predicted molar refractivity (Wildman–Crippen MR) is 68.8 cm³/mol. The summed E-state index contributed by atoms with van der Waals surface area (Å²) >= 11 is 1.30. The van der Waals surface area contributed by atoms with Crippen molar-refractivity contribution in [3.8, 4) is 0 Å². The number of thioether (sulfide) groups is 1. The molecule has 0 aliphatic carbocycles. The molecule has 3 amide bonds. The van der Waals surface area contributed by atoms with Crippen LogP contribution in [0.15, 0.2) is 23.1 Å². The largest absolute Gasteiger partial charge is 0.399 e. The predicted octanol–water partition coefficient (Wildman–Crippen LogP) is 1.35. The third kappa shape index (κ3) is 5.05. The molecule has 0 saturated heterocycles. The van der Waals surface area contributed by atoms with E-state index in [1.54, 1.807) is 6.07 Å². The van der Waals surface area contributed by atoms with Crippen LogP contribution in [0, 0.1) is 5.82 Å². The van der Waals surface area contributed by atoms with Crippen molar-refractivity contribution in [2.24, 2.45) is 0 Å². The first kappa shape index (κ1) is 14.3. The molecule has 0 aliphatic heterocycles. The quantitative estimate of drug-likeness (QED) is 0.570. The highest BCUT2D eigenvalue weighted by molar-refractivity contribution is 7.99. The van der Waals surface area contributed by atoms with Gasteiger partial charge in [-0.3, -0.25) is 10.1 Å². The van der Waals surface area contributed by atoms with Gasteiger partial charge in [0.05, 0.1) is 0 Å². The molecule has 0 fully saturated rings. The molecule has 5 nitrogen and oxygen atoms in total. The molecule has 0 radical (unpaired) electrons. The summed E-state index contributed by atoms with van der Waals surface area (Å²) in [6.07, 6.45) is 0.161. The lowest BCUT2D eigenvalue weighted by molar-refractivity contribution is -0.119. The number of carbonyl (C=O) groups is 2. The van der Waals surface area contributed by atoms with Gasteiger partial charge in [0.25, 0.3) is 0 Å². The van der Waals surface area contributed by atoms with Crippen LogP contribution in [0.5, 0.6) is 0 Å². The van der Waals surface area contributed by atoms with E-state index in [2.05, 4.69) is 10.6 Å². The zero-order valence-electron chi connectivity index (χ0n) is 9.83. The van der Waals surface area contributed by atoms with Crippen molar-refractivity contribution < 1.29 is 14.0 Å². The summed E-state index contributed by atoms with van der Waals surface area (Å²) in [5.74, 6) is -0.357. The molecule has 1 aromatic rings. The van der Waals surface area contributed by atoms with Crippen LogP contribution in [0.1, 0.15) is 6.42 Å². The number of nitrogens with one attached hydrogen (secondary N) is 2. The number of anilines is 1. The van der Waals surface area contributed by atoms with Gasteiger partial charge in [0, 0.05) is 29.8 Å². The number of halogens is 1. The van der Waals surface area contributed by atoms with Crippen LogP contribution in [0.25, 0.3) is 0 Å². The maximum atomic E-state index is 13.0. The molecule has 18 heavy (non-hydrogen) atoms. The maximum absolute atomic E-state index is 13.0. The van der Waals surface area contributed by atoms with Gasteiger partial charge in [0.15, 0.2) is 0 Å². The van der Waals surface area contributed by atoms with Crippen LogP contribution >= 0.6 is 11.8 Å². The number of hydrogen-bond donors (Lipinski definition) is 3. The third-order valence-corrected chi connectivity index (χ3v) is 2.95. The van der Waals surface area contributed by atoms with Gasteiger partial charge in [-0.2, -0.15) is 0 Å². The Labute approximate surface area is 108 Å². The van der Waals surface area contributed by atoms with Crippen LogP contribution < -0.4 is 16.4 Å². The Morgan fingerprint density at radius 3 is 2.72 bits per heavy atom. The first-order valence-electron chi connectivity index (χ1n) is 5.21. The molecule has 1 rings (SSSR count). The number of rotatable bonds is 4. The fourth-order valence-corrected chi connectivity index (χ4v) is 2.12. The topological polar surface area (TPSA) is 84.2 Å². The van der Waals surface area contributed by atoms with E-state index in [9.17, 15) is 14.0 Å². The molecule has 0 spiro atoms. The maximum Gasteiger partial charge on any atom is 0.321 e. The average molecular weight is 271 g/mol. The number of nitrogens with two attached hydrogens (primary N) is 1. The Kier molecular flexibility index (Phi) is 5.44. The van der Waals surface area contributed by atoms with Gasteiger partial charge in [-0.05, 0) is 18.2 Å². The summed E-state index contributed by atoms with van der Waals surface area (Å²) < 4.78 is 13.0. The minimum atomic E-state index is -0.542. The van der Waals surface area contributed by atoms with E-state index >= 15 is 0 Å². The molecule has 7 heteroatoms. The van der Waals surface area contributed by atoms with Crippen LogP contribution in [0.2, 0.25) is 0 Å². The van der Waals surface area contributed by atoms with Gasteiger partial charge in [0.2, 0.25) is 5.91 Å². The number of imide groups is 1. The second-order valence-corrected chi connectivity index (χ2v) is 4.61. The lowest BCUT2D eigenvalue weighted by Gasteiger charge is -2.04. The van der Waals surface area contributed by atoms with Crippen LogP contribution in [-0.4, -0.2) is 24.7 Å². The molecular weight excluding hydrogens is 257 g/mol. The van der Waals surface area contributed by atoms with E-state index in [1.807, 2.05) is 0 Å². The molecule has 0 aliphatic rings. The van der Waals surface area contributed by atoms with E-state index in [0.717, 1.165) is 0 Å². The number of hydrogen-bond acceptors (Lipinski definition) is 4. The minimum absolute atomic E-state index is 0.161. The molecule has 0 heterocycles. The Bertz CT molecular complexity index is 434. The van der Waals surface area contributed by atoms with Crippen molar-refractivity contribution in [3.63, 3.8) is 0 Å². The van der Waals surface area contributed by atoms with Gasteiger partial charge >= 0.3 is 6.03 Å². The highest BCUT2D eigenvalue weighted by Gasteiger charge is 2.06. The van der Waals surface area contributed by atoms with E-state index in [0.29, 0.717) is 16.3 Å². The lowest BCUT2D eigenvalue weighted by Crippen LogP contribution is -2.37. The molecule has 98 valence electrons. The van der Waals surface area contributed by atoms with Gasteiger partial charge in [-0.15, -0.1) is 11.8 Å². The Morgan fingerprint density at radius 2 is 2.11 bits per heavy atom. The van der Waals surface area contributed by atoms with E-state index in [4.69, 9.17) is 5.73 Å². The second-order valence-electron chi connectivity index (χ2n) is 3.45. The van der Waals surface area contributed by atoms with Crippen molar-refractivity contribution in [1.82, 2.24) is 10.6 Å². The first-order valence-corrected chi connectivity index (χ1v) is 6.20. The zero-order valence-corrected chi connectivity index (χ0v) is 10.6. The van der Waals surface area contributed by atoms with Crippen molar-refractivity contribution in [2.45, 2.75) is 11.3 Å². The summed E-state index contributed by atoms with van der Waals surface area (Å²) in [4.78, 5) is 22.7. The zero-order chi connectivity index (χ0) is 13.5. The number of nitrogen functional groups attached to an aromatic ring is 1. The monoisotopic (exact) mass is 271 g/mol. The molecule has 0 unspecified atom stereocenters. The fraction of sp³-hybridized carbons (Fsp3) is 0.273. The summed E-state index contributed by atoms with van der Waals surface area (Å²) in [6, 6.07) is 3.66. The smallest absolute Gasteiger partial charge is 0.321 e. The number of carbonyl (C=O) groups excluding carboxylic acids is 2. The third-order valence-electron chi connectivity index (χ3n) is 1.97. The number of amides is 3. The molecule has 0 bridgehead atoms. The molecule has 1 aromatic carbocycles. The van der Waals surface area contributed by atoms with Crippen molar-refractivity contribution in [2.75, 3.05) is 18.5 Å². The average Bonchev–Trinajstić information content (AvgIpc) is 2.27. The highest BCUT2D eigenvalue weighted by Crippen LogP contribution is 2.22. The van der Waals surface area contributed by atoms with Crippen molar-refractivity contribution in [1.29, 1.82) is 0 Å². The fourth-order valence-electron chi connectivity index (χ4n) is 1.18. The van der Waals surface area contributed by atoms with Crippen molar-refractivity contribution >= 4 is 29.4 Å². The number of benzene rings is 1. The van der Waals surface area contributed by atoms with Gasteiger partial charge in [-0.1, -0.05) is 0 Å². The van der Waals surface area contributed by atoms with Gasteiger partial charge < -0.3 is 11.1 Å². The summed E-state index contributed by atoms with van der Waals surface area (Å²) in [5.41, 5.74) is 5.83. The van der Waals surface area contributed by atoms with Crippen LogP contribution in [-0.2, 0) is 4.79 Å². The molecule has 0 atom stereocenters. The van der Waals surface area contributed by atoms with Gasteiger partial charge in [-0.25, -0.2) is 9.18 Å². The molecular formula is C11H14FN3O2S. The molecule has 4 N–H and O–H groups in total. The summed E-state index contributed by atoms with van der Waals surface area (Å²) in [5, 5.41) is 4.41. The van der Waals surface area contributed by atoms with Crippen LogP contribution in [0.3, 0.4) is 0 Å². The SMILES string of the molecule is CNC(=O)NC(=O)CCSc1cc(N)cc(F)c1. The van der Waals surface area contributed by atoms with E-state index < -0.39 is 11.8 Å². The Hall–Kier alpha value is -1.76. The van der Waals surface area contributed by atoms with Crippen molar-refractivity contribution in [3.05, 3.63) is 24.0 Å². The summed E-state index contributed by atoms with van der Waals surface area (Å²) in [6.45, 7) is 0. The van der Waals surface area contributed by atoms with Crippen LogP contribution in [0.4, 0.5) is 14.9 Å². The standard InChI is InChI=1S/C11H14FN3O2S/c1-14-11(17)15-10(16)2-3-18-9-5-7(12)4-8(13)6-9/h4-6H,2-3,13H2,1H3,(H2,14,15,16,17). The summed E-state index contributed by atoms with van der Waals surface area (Å²) in [7, 11) is 1.42. The molecule has 0 aromatic heterocycles. The van der Waals surface area contributed by atoms with E-state index in [1.165, 1.54) is 30.9 Å². The molecule has 0 saturated carbocycles.